The maximum Gasteiger partial charge on any atom is 0.418 e. The third kappa shape index (κ3) is 3.37. The monoisotopic (exact) mass is 394 g/mol. The van der Waals surface area contributed by atoms with Crippen LogP contribution < -0.4 is 10.9 Å². The molecule has 2 heterocycles. The van der Waals surface area contributed by atoms with Crippen molar-refractivity contribution < 1.29 is 22.5 Å². The van der Waals surface area contributed by atoms with E-state index in [1.807, 2.05) is 0 Å². The highest BCUT2D eigenvalue weighted by Gasteiger charge is 2.34. The lowest BCUT2D eigenvalue weighted by molar-refractivity contribution is -0.137. The zero-order valence-corrected chi connectivity index (χ0v) is 15.3. The van der Waals surface area contributed by atoms with Gasteiger partial charge in [-0.05, 0) is 32.4 Å². The normalized spacial score (nSPS) is 12.9. The number of benzene rings is 1. The number of carbonyl (C=O) groups excluding carboxylic acids is 1. The summed E-state index contributed by atoms with van der Waals surface area (Å²) in [4.78, 5) is 25.4. The van der Waals surface area contributed by atoms with Gasteiger partial charge in [0.2, 0.25) is 5.91 Å². The maximum absolute atomic E-state index is 13.2. The third-order valence-electron chi connectivity index (χ3n) is 4.37. The molecule has 28 heavy (non-hydrogen) atoms. The molecule has 0 bridgehead atoms. The van der Waals surface area contributed by atoms with Gasteiger partial charge in [0, 0.05) is 0 Å². The summed E-state index contributed by atoms with van der Waals surface area (Å²) in [6.45, 7) is 4.89. The van der Waals surface area contributed by atoms with Gasteiger partial charge in [0.1, 0.15) is 11.8 Å². The van der Waals surface area contributed by atoms with Crippen molar-refractivity contribution in [1.29, 1.82) is 0 Å². The number of aromatic nitrogens is 3. The number of hydrogen-bond donors (Lipinski definition) is 1. The number of carbonyl (C=O) groups is 1. The number of aryl methyl sites for hydroxylation is 2. The molecule has 10 heteroatoms. The molecule has 2 aromatic heterocycles. The van der Waals surface area contributed by atoms with Crippen LogP contribution in [0.25, 0.3) is 10.9 Å². The fraction of sp³-hybridized carbons (Fsp3) is 0.333. The van der Waals surface area contributed by atoms with Crippen molar-refractivity contribution in [3.8, 4) is 0 Å². The Balaban J connectivity index is 2.02. The van der Waals surface area contributed by atoms with E-state index >= 15 is 0 Å². The standard InChI is InChI=1S/C18H17F3N4O3/c1-4-13(16(26)22-12-8-6-5-7-11(12)18(19,20)21)25-17(27)15-14(9(2)23-25)10(3)28-24-15/h5-8,13H,4H2,1-3H3,(H,22,26)/t13-/m1/s1. The van der Waals surface area contributed by atoms with Gasteiger partial charge in [-0.25, -0.2) is 4.68 Å². The van der Waals surface area contributed by atoms with Crippen molar-refractivity contribution in [2.75, 3.05) is 5.32 Å². The molecule has 0 saturated carbocycles. The zero-order chi connectivity index (χ0) is 20.6. The third-order valence-corrected chi connectivity index (χ3v) is 4.37. The van der Waals surface area contributed by atoms with E-state index in [1.165, 1.54) is 12.1 Å². The van der Waals surface area contributed by atoms with Gasteiger partial charge in [-0.1, -0.05) is 24.2 Å². The number of anilines is 1. The van der Waals surface area contributed by atoms with Crippen LogP contribution in [0.1, 0.15) is 36.4 Å². The van der Waals surface area contributed by atoms with E-state index in [9.17, 15) is 22.8 Å². The second-order valence-corrected chi connectivity index (χ2v) is 6.25. The Morgan fingerprint density at radius 2 is 1.96 bits per heavy atom. The van der Waals surface area contributed by atoms with E-state index in [1.54, 1.807) is 20.8 Å². The molecule has 0 fully saturated rings. The van der Waals surface area contributed by atoms with Gasteiger partial charge in [-0.3, -0.25) is 9.59 Å². The smallest absolute Gasteiger partial charge is 0.360 e. The average Bonchev–Trinajstić information content (AvgIpc) is 3.02. The van der Waals surface area contributed by atoms with Crippen LogP contribution in [0.2, 0.25) is 0 Å². The van der Waals surface area contributed by atoms with Crippen LogP contribution in [0.15, 0.2) is 33.6 Å². The predicted octanol–water partition coefficient (Wildman–Crippen LogP) is 3.61. The molecule has 1 atom stereocenters. The number of nitrogens with one attached hydrogen (secondary N) is 1. The minimum atomic E-state index is -4.63. The summed E-state index contributed by atoms with van der Waals surface area (Å²) in [5.74, 6) is -0.367. The Bertz CT molecular complexity index is 1100. The number of rotatable bonds is 4. The first-order valence-corrected chi connectivity index (χ1v) is 8.47. The van der Waals surface area contributed by atoms with Crippen molar-refractivity contribution in [2.45, 2.75) is 39.4 Å². The molecule has 0 saturated heterocycles. The fourth-order valence-electron chi connectivity index (χ4n) is 3.05. The molecule has 1 amide bonds. The van der Waals surface area contributed by atoms with Crippen LogP contribution in [-0.2, 0) is 11.0 Å². The largest absolute Gasteiger partial charge is 0.418 e. The molecule has 1 N–H and O–H groups in total. The topological polar surface area (TPSA) is 90.0 Å². The van der Waals surface area contributed by atoms with Crippen molar-refractivity contribution in [1.82, 2.24) is 14.9 Å². The lowest BCUT2D eigenvalue weighted by Gasteiger charge is -2.19. The van der Waals surface area contributed by atoms with E-state index in [0.29, 0.717) is 16.8 Å². The summed E-state index contributed by atoms with van der Waals surface area (Å²) in [5.41, 5.74) is -1.57. The number of alkyl halides is 3. The van der Waals surface area contributed by atoms with Crippen LogP contribution in [-0.4, -0.2) is 20.8 Å². The van der Waals surface area contributed by atoms with Gasteiger partial charge in [0.25, 0.3) is 5.56 Å². The Morgan fingerprint density at radius 3 is 2.61 bits per heavy atom. The molecule has 148 valence electrons. The lowest BCUT2D eigenvalue weighted by atomic mass is 10.1. The number of fused-ring (bicyclic) bond motifs is 1. The highest BCUT2D eigenvalue weighted by atomic mass is 19.4. The Kier molecular flexibility index (Phi) is 4.97. The Hall–Kier alpha value is -3.17. The van der Waals surface area contributed by atoms with Gasteiger partial charge < -0.3 is 9.84 Å². The maximum atomic E-state index is 13.2. The molecule has 0 radical (unpaired) electrons. The molecule has 0 unspecified atom stereocenters. The zero-order valence-electron chi connectivity index (χ0n) is 15.3. The molecule has 3 aromatic rings. The van der Waals surface area contributed by atoms with Crippen molar-refractivity contribution in [2.24, 2.45) is 0 Å². The van der Waals surface area contributed by atoms with Crippen LogP contribution in [0.3, 0.4) is 0 Å². The van der Waals surface area contributed by atoms with Gasteiger partial charge in [-0.15, -0.1) is 0 Å². The second kappa shape index (κ2) is 7.10. The second-order valence-electron chi connectivity index (χ2n) is 6.25. The molecule has 0 aliphatic heterocycles. The van der Waals surface area contributed by atoms with E-state index in [4.69, 9.17) is 4.52 Å². The molecule has 0 spiro atoms. The first-order valence-electron chi connectivity index (χ1n) is 8.47. The molecular formula is C18H17F3N4O3. The molecule has 0 aliphatic rings. The predicted molar refractivity (Wildman–Crippen MR) is 94.9 cm³/mol. The Morgan fingerprint density at radius 1 is 1.29 bits per heavy atom. The fourth-order valence-corrected chi connectivity index (χ4v) is 3.05. The lowest BCUT2D eigenvalue weighted by Crippen LogP contribution is -2.35. The number of hydrogen-bond acceptors (Lipinski definition) is 5. The van der Waals surface area contributed by atoms with Crippen LogP contribution in [0.5, 0.6) is 0 Å². The SMILES string of the molecule is CC[C@H](C(=O)Nc1ccccc1C(F)(F)F)n1nc(C)c2c(C)onc2c1=O. The molecule has 7 nitrogen and oxygen atoms in total. The van der Waals surface area contributed by atoms with Gasteiger partial charge in [0.05, 0.1) is 22.3 Å². The van der Waals surface area contributed by atoms with E-state index < -0.39 is 29.2 Å². The quantitative estimate of drug-likeness (QED) is 0.730. The number of para-hydroxylation sites is 1. The van der Waals surface area contributed by atoms with Crippen molar-refractivity contribution in [3.63, 3.8) is 0 Å². The Labute approximate surface area is 157 Å². The molecule has 1 aromatic carbocycles. The summed E-state index contributed by atoms with van der Waals surface area (Å²) in [5, 5.41) is 10.6. The van der Waals surface area contributed by atoms with E-state index in [2.05, 4.69) is 15.6 Å². The number of halogens is 3. The summed E-state index contributed by atoms with van der Waals surface area (Å²) in [6.07, 6.45) is -4.50. The van der Waals surface area contributed by atoms with Crippen LogP contribution in [0, 0.1) is 13.8 Å². The summed E-state index contributed by atoms with van der Waals surface area (Å²) < 4.78 is 45.4. The van der Waals surface area contributed by atoms with E-state index in [0.717, 1.165) is 16.8 Å². The first-order chi connectivity index (χ1) is 13.1. The van der Waals surface area contributed by atoms with Gasteiger partial charge in [0.15, 0.2) is 5.52 Å². The number of nitrogens with zero attached hydrogens (tertiary/aromatic N) is 3. The summed E-state index contributed by atoms with van der Waals surface area (Å²) in [6, 6.07) is 3.51. The van der Waals surface area contributed by atoms with Crippen LogP contribution in [0.4, 0.5) is 18.9 Å². The molecule has 0 aliphatic carbocycles. The van der Waals surface area contributed by atoms with Crippen molar-refractivity contribution in [3.05, 3.63) is 51.6 Å². The number of amides is 1. The molecular weight excluding hydrogens is 377 g/mol. The molecule has 3 rings (SSSR count). The minimum Gasteiger partial charge on any atom is -0.360 e. The van der Waals surface area contributed by atoms with Gasteiger partial charge in [-0.2, -0.15) is 18.3 Å². The summed E-state index contributed by atoms with van der Waals surface area (Å²) in [7, 11) is 0. The van der Waals surface area contributed by atoms with Gasteiger partial charge >= 0.3 is 6.18 Å². The average molecular weight is 394 g/mol. The highest BCUT2D eigenvalue weighted by Crippen LogP contribution is 2.35. The van der Waals surface area contributed by atoms with E-state index in [-0.39, 0.29) is 17.6 Å². The van der Waals surface area contributed by atoms with Crippen LogP contribution >= 0.6 is 0 Å². The highest BCUT2D eigenvalue weighted by molar-refractivity contribution is 5.94. The van der Waals surface area contributed by atoms with Crippen molar-refractivity contribution >= 4 is 22.5 Å². The minimum absolute atomic E-state index is 0.0203. The first kappa shape index (κ1) is 19.6. The summed E-state index contributed by atoms with van der Waals surface area (Å²) >= 11 is 0.